The van der Waals surface area contributed by atoms with Crippen LogP contribution < -0.4 is 0 Å². The highest BCUT2D eigenvalue weighted by molar-refractivity contribution is 5.85. The van der Waals surface area contributed by atoms with E-state index in [1.807, 2.05) is 0 Å². The second kappa shape index (κ2) is 8.34. The van der Waals surface area contributed by atoms with Crippen molar-refractivity contribution in [2.45, 2.75) is 12.8 Å². The van der Waals surface area contributed by atoms with Crippen LogP contribution in [-0.2, 0) is 19.1 Å². The second-order valence-corrected chi connectivity index (χ2v) is 3.25. The highest BCUT2D eigenvalue weighted by Crippen LogP contribution is 1.98. The number of rotatable bonds is 9. The molecule has 0 aliphatic heterocycles. The molecule has 0 aromatic heterocycles. The minimum atomic E-state index is -2.66. The fourth-order valence-electron chi connectivity index (χ4n) is 1.05. The lowest BCUT2D eigenvalue weighted by atomic mass is 10.3. The van der Waals surface area contributed by atoms with Crippen molar-refractivity contribution < 1.29 is 38.1 Å². The summed E-state index contributed by atoms with van der Waals surface area (Å²) < 4.78 is 27.8. The predicted molar refractivity (Wildman–Crippen MR) is 53.3 cm³/mol. The largest absolute Gasteiger partial charge is 0.480 e. The average Bonchev–Trinajstić information content (AvgIpc) is 2.21. The highest BCUT2D eigenvalue weighted by Gasteiger charge is 2.19. The van der Waals surface area contributed by atoms with Crippen molar-refractivity contribution in [3.05, 3.63) is 0 Å². The number of carboxylic acid groups (broad SMARTS) is 2. The van der Waals surface area contributed by atoms with Crippen molar-refractivity contribution in [2.24, 2.45) is 0 Å². The van der Waals surface area contributed by atoms with E-state index in [9.17, 15) is 23.2 Å². The molecule has 0 heterocycles. The number of ether oxygens (including phenoxy) is 1. The number of amides is 1. The first-order chi connectivity index (χ1) is 8.32. The summed E-state index contributed by atoms with van der Waals surface area (Å²) in [5.41, 5.74) is 0. The topological polar surface area (TPSA) is 104 Å². The number of carbonyl (C=O) groups excluding carboxylic acids is 1. The first-order valence-electron chi connectivity index (χ1n) is 4.90. The smallest absolute Gasteiger partial charge is 0.323 e. The van der Waals surface area contributed by atoms with Gasteiger partial charge < -0.3 is 19.8 Å². The van der Waals surface area contributed by atoms with Gasteiger partial charge in [0.2, 0.25) is 5.91 Å². The van der Waals surface area contributed by atoms with E-state index in [0.29, 0.717) is 4.90 Å². The van der Waals surface area contributed by atoms with Gasteiger partial charge >= 0.3 is 11.9 Å². The van der Waals surface area contributed by atoms with Gasteiger partial charge in [0.15, 0.2) is 0 Å². The third-order valence-electron chi connectivity index (χ3n) is 1.71. The molecule has 0 aliphatic rings. The summed E-state index contributed by atoms with van der Waals surface area (Å²) in [7, 11) is 0. The van der Waals surface area contributed by atoms with E-state index in [1.54, 1.807) is 0 Å². The van der Waals surface area contributed by atoms with Crippen molar-refractivity contribution in [3.8, 4) is 0 Å². The van der Waals surface area contributed by atoms with Crippen molar-refractivity contribution in [1.29, 1.82) is 0 Å². The van der Waals surface area contributed by atoms with E-state index in [-0.39, 0.29) is 13.0 Å². The molecule has 0 unspecified atom stereocenters. The molecule has 0 aliphatic carbocycles. The number of carboxylic acids is 2. The number of aliphatic carboxylic acids is 2. The Morgan fingerprint density at radius 3 is 2.00 bits per heavy atom. The molecule has 0 saturated heterocycles. The Kier molecular flexibility index (Phi) is 7.52. The Morgan fingerprint density at radius 2 is 1.61 bits per heavy atom. The number of halogens is 2. The molecule has 0 aromatic carbocycles. The minimum absolute atomic E-state index is 0.321. The van der Waals surface area contributed by atoms with E-state index in [2.05, 4.69) is 4.74 Å². The van der Waals surface area contributed by atoms with Crippen molar-refractivity contribution >= 4 is 17.8 Å². The van der Waals surface area contributed by atoms with Crippen LogP contribution in [0.5, 0.6) is 0 Å². The Balaban J connectivity index is 4.12. The van der Waals surface area contributed by atoms with Gasteiger partial charge in [0.25, 0.3) is 6.43 Å². The molecule has 1 amide bonds. The summed E-state index contributed by atoms with van der Waals surface area (Å²) in [5, 5.41) is 16.9. The van der Waals surface area contributed by atoms with Gasteiger partial charge in [0.05, 0.1) is 13.0 Å². The molecule has 0 aromatic rings. The molecule has 18 heavy (non-hydrogen) atoms. The van der Waals surface area contributed by atoms with Crippen LogP contribution in [0, 0.1) is 0 Å². The molecular formula is C9H13F2NO6. The number of hydrogen-bond acceptors (Lipinski definition) is 4. The molecular weight excluding hydrogens is 256 g/mol. The van der Waals surface area contributed by atoms with Gasteiger partial charge in [0.1, 0.15) is 19.7 Å². The number of hydrogen-bond donors (Lipinski definition) is 2. The standard InChI is InChI=1S/C9H13F2NO6/c10-6(11)5-18-2-1-7(13)12(3-8(14)15)4-9(16)17/h6H,1-5H2,(H,14,15)(H,16,17). The summed E-state index contributed by atoms with van der Waals surface area (Å²) in [4.78, 5) is 32.8. The van der Waals surface area contributed by atoms with Gasteiger partial charge in [-0.1, -0.05) is 0 Å². The lowest BCUT2D eigenvalue weighted by molar-refractivity contribution is -0.149. The average molecular weight is 269 g/mol. The summed E-state index contributed by atoms with van der Waals surface area (Å²) in [6, 6.07) is 0. The highest BCUT2D eigenvalue weighted by atomic mass is 19.3. The third kappa shape index (κ3) is 8.39. The van der Waals surface area contributed by atoms with E-state index in [1.165, 1.54) is 0 Å². The molecule has 0 spiro atoms. The maximum Gasteiger partial charge on any atom is 0.323 e. The fraction of sp³-hybridized carbons (Fsp3) is 0.667. The van der Waals surface area contributed by atoms with Crippen LogP contribution in [0.25, 0.3) is 0 Å². The summed E-state index contributed by atoms with van der Waals surface area (Å²) >= 11 is 0. The zero-order valence-corrected chi connectivity index (χ0v) is 9.34. The van der Waals surface area contributed by atoms with Gasteiger partial charge in [0, 0.05) is 0 Å². The molecule has 0 fully saturated rings. The summed E-state index contributed by atoms with van der Waals surface area (Å²) in [6.45, 7) is -2.68. The minimum Gasteiger partial charge on any atom is -0.480 e. The first kappa shape index (κ1) is 16.2. The lowest BCUT2D eigenvalue weighted by Crippen LogP contribution is -2.39. The zero-order valence-electron chi connectivity index (χ0n) is 9.34. The van der Waals surface area contributed by atoms with Gasteiger partial charge in [-0.05, 0) is 0 Å². The molecule has 0 rings (SSSR count). The number of alkyl halides is 2. The van der Waals surface area contributed by atoms with E-state index in [4.69, 9.17) is 10.2 Å². The Morgan fingerprint density at radius 1 is 1.11 bits per heavy atom. The van der Waals surface area contributed by atoms with E-state index in [0.717, 1.165) is 0 Å². The van der Waals surface area contributed by atoms with E-state index >= 15 is 0 Å². The van der Waals surface area contributed by atoms with E-state index < -0.39 is 44.0 Å². The Hall–Kier alpha value is -1.77. The lowest BCUT2D eigenvalue weighted by Gasteiger charge is -2.18. The fourth-order valence-corrected chi connectivity index (χ4v) is 1.05. The molecule has 0 bridgehead atoms. The molecule has 7 nitrogen and oxygen atoms in total. The number of carbonyl (C=O) groups is 3. The Bertz CT molecular complexity index is 293. The van der Waals surface area contributed by atoms with Crippen LogP contribution in [0.15, 0.2) is 0 Å². The van der Waals surface area contributed by atoms with Crippen LogP contribution in [0.3, 0.4) is 0 Å². The predicted octanol–water partition coefficient (Wildman–Crippen LogP) is -0.344. The van der Waals surface area contributed by atoms with Crippen molar-refractivity contribution in [3.63, 3.8) is 0 Å². The van der Waals surface area contributed by atoms with Gasteiger partial charge in [-0.2, -0.15) is 0 Å². The third-order valence-corrected chi connectivity index (χ3v) is 1.71. The second-order valence-electron chi connectivity index (χ2n) is 3.25. The zero-order chi connectivity index (χ0) is 14.1. The molecule has 0 radical (unpaired) electrons. The summed E-state index contributed by atoms with van der Waals surface area (Å²) in [6.07, 6.45) is -3.01. The van der Waals surface area contributed by atoms with Crippen LogP contribution >= 0.6 is 0 Å². The van der Waals surface area contributed by atoms with Crippen LogP contribution in [0.2, 0.25) is 0 Å². The maximum atomic E-state index is 11.7. The first-order valence-corrected chi connectivity index (χ1v) is 4.90. The van der Waals surface area contributed by atoms with Crippen LogP contribution in [0.4, 0.5) is 8.78 Å². The number of nitrogens with zero attached hydrogens (tertiary/aromatic N) is 1. The van der Waals surface area contributed by atoms with Crippen molar-refractivity contribution in [2.75, 3.05) is 26.3 Å². The van der Waals surface area contributed by atoms with Crippen LogP contribution in [0.1, 0.15) is 6.42 Å². The van der Waals surface area contributed by atoms with Gasteiger partial charge in [-0.25, -0.2) is 8.78 Å². The maximum absolute atomic E-state index is 11.7. The van der Waals surface area contributed by atoms with Crippen molar-refractivity contribution in [1.82, 2.24) is 4.90 Å². The monoisotopic (exact) mass is 269 g/mol. The van der Waals surface area contributed by atoms with Gasteiger partial charge in [-0.3, -0.25) is 14.4 Å². The van der Waals surface area contributed by atoms with Gasteiger partial charge in [-0.15, -0.1) is 0 Å². The summed E-state index contributed by atoms with van der Waals surface area (Å²) in [5.74, 6) is -3.51. The van der Waals surface area contributed by atoms with Crippen LogP contribution in [-0.4, -0.2) is 65.7 Å². The SMILES string of the molecule is O=C(O)CN(CC(=O)O)C(=O)CCOCC(F)F. The Labute approximate surface area is 101 Å². The molecule has 9 heteroatoms. The normalized spacial score (nSPS) is 10.4. The molecule has 0 saturated carbocycles. The molecule has 104 valence electrons. The molecule has 0 atom stereocenters. The molecule has 2 N–H and O–H groups in total. The quantitative estimate of drug-likeness (QED) is 0.555.